The number of likely N-dealkylation sites (tertiary alicyclic amines) is 1. The second kappa shape index (κ2) is 8.70. The molecule has 0 aliphatic carbocycles. The van der Waals surface area contributed by atoms with Gasteiger partial charge < -0.3 is 10.2 Å². The van der Waals surface area contributed by atoms with Crippen LogP contribution in [-0.4, -0.2) is 52.2 Å². The Bertz CT molecular complexity index is 500. The zero-order valence-corrected chi connectivity index (χ0v) is 13.4. The lowest BCUT2D eigenvalue weighted by atomic mass is 9.93. The van der Waals surface area contributed by atoms with Crippen molar-refractivity contribution in [2.75, 3.05) is 26.7 Å². The summed E-state index contributed by atoms with van der Waals surface area (Å²) in [5, 5.41) is 17.6. The Morgan fingerprint density at radius 2 is 2.18 bits per heavy atom. The van der Waals surface area contributed by atoms with Gasteiger partial charge in [-0.3, -0.25) is 19.6 Å². The summed E-state index contributed by atoms with van der Waals surface area (Å²) >= 11 is 0. The van der Waals surface area contributed by atoms with Gasteiger partial charge in [-0.15, -0.1) is 12.4 Å². The van der Waals surface area contributed by atoms with Crippen LogP contribution in [0, 0.1) is 16.0 Å². The minimum atomic E-state index is -0.513. The molecule has 22 heavy (non-hydrogen) atoms. The first-order valence-electron chi connectivity index (χ1n) is 7.19. The van der Waals surface area contributed by atoms with Gasteiger partial charge in [-0.1, -0.05) is 0 Å². The van der Waals surface area contributed by atoms with Crippen molar-refractivity contribution >= 4 is 24.0 Å². The fourth-order valence-electron chi connectivity index (χ4n) is 2.59. The Kier molecular flexibility index (Phi) is 7.26. The molecule has 0 atom stereocenters. The minimum absolute atomic E-state index is 0. The van der Waals surface area contributed by atoms with E-state index in [1.165, 1.54) is 10.9 Å². The van der Waals surface area contributed by atoms with Gasteiger partial charge in [-0.05, 0) is 38.8 Å². The number of halogens is 1. The molecule has 8 nitrogen and oxygen atoms in total. The number of rotatable bonds is 6. The van der Waals surface area contributed by atoms with E-state index in [0.717, 1.165) is 45.1 Å². The Hall–Kier alpha value is -1.67. The van der Waals surface area contributed by atoms with E-state index in [1.54, 1.807) is 0 Å². The van der Waals surface area contributed by atoms with Crippen LogP contribution >= 0.6 is 12.4 Å². The zero-order chi connectivity index (χ0) is 15.2. The molecule has 0 spiro atoms. The van der Waals surface area contributed by atoms with E-state index in [9.17, 15) is 14.9 Å². The monoisotopic (exact) mass is 331 g/mol. The normalized spacial score (nSPS) is 15.4. The predicted octanol–water partition coefficient (Wildman–Crippen LogP) is 1.06. The Morgan fingerprint density at radius 3 is 2.73 bits per heavy atom. The summed E-state index contributed by atoms with van der Waals surface area (Å²) in [6.07, 6.45) is 5.64. The Morgan fingerprint density at radius 1 is 1.50 bits per heavy atom. The molecule has 0 unspecified atom stereocenters. The van der Waals surface area contributed by atoms with Crippen LogP contribution in [0.1, 0.15) is 19.3 Å². The molecular formula is C13H22ClN5O3. The Balaban J connectivity index is 0.00000242. The molecule has 9 heteroatoms. The molecule has 1 N–H and O–H groups in total. The third-order valence-electron chi connectivity index (χ3n) is 3.90. The first-order chi connectivity index (χ1) is 10.1. The Labute approximate surface area is 135 Å². The number of piperidine rings is 1. The van der Waals surface area contributed by atoms with E-state index in [1.807, 2.05) is 11.9 Å². The van der Waals surface area contributed by atoms with Gasteiger partial charge in [0.05, 0.1) is 4.92 Å². The molecule has 1 aliphatic heterocycles. The van der Waals surface area contributed by atoms with Gasteiger partial charge in [0.2, 0.25) is 5.91 Å². The average molecular weight is 332 g/mol. The van der Waals surface area contributed by atoms with Crippen molar-refractivity contribution in [2.24, 2.45) is 5.92 Å². The van der Waals surface area contributed by atoms with Gasteiger partial charge in [0, 0.05) is 13.1 Å². The van der Waals surface area contributed by atoms with Gasteiger partial charge in [-0.25, -0.2) is 0 Å². The molecule has 1 saturated heterocycles. The third-order valence-corrected chi connectivity index (χ3v) is 3.90. The zero-order valence-electron chi connectivity index (χ0n) is 12.6. The second-order valence-electron chi connectivity index (χ2n) is 5.37. The summed E-state index contributed by atoms with van der Waals surface area (Å²) < 4.78 is 1.33. The number of nitro groups is 1. The van der Waals surface area contributed by atoms with Gasteiger partial charge in [0.25, 0.3) is 0 Å². The van der Waals surface area contributed by atoms with Gasteiger partial charge in [0.1, 0.15) is 18.9 Å². The van der Waals surface area contributed by atoms with E-state index >= 15 is 0 Å². The largest absolute Gasteiger partial charge is 0.341 e. The number of hydrogen-bond donors (Lipinski definition) is 1. The van der Waals surface area contributed by atoms with Gasteiger partial charge in [-0.2, -0.15) is 5.10 Å². The number of nitrogens with one attached hydrogen (secondary N) is 1. The van der Waals surface area contributed by atoms with Gasteiger partial charge in [0.15, 0.2) is 0 Å². The fourth-order valence-corrected chi connectivity index (χ4v) is 2.59. The molecule has 0 radical (unpaired) electrons. The highest BCUT2D eigenvalue weighted by molar-refractivity contribution is 5.85. The van der Waals surface area contributed by atoms with Gasteiger partial charge >= 0.3 is 5.69 Å². The van der Waals surface area contributed by atoms with Crippen LogP contribution in [0.15, 0.2) is 12.4 Å². The molecule has 0 bridgehead atoms. The molecule has 2 heterocycles. The van der Waals surface area contributed by atoms with E-state index in [0.29, 0.717) is 5.92 Å². The maximum absolute atomic E-state index is 12.2. The van der Waals surface area contributed by atoms with Crippen LogP contribution in [0.25, 0.3) is 0 Å². The molecule has 0 aromatic carbocycles. The molecule has 1 fully saturated rings. The smallest absolute Gasteiger partial charge is 0.307 e. The first-order valence-corrected chi connectivity index (χ1v) is 7.19. The number of hydrogen-bond acceptors (Lipinski definition) is 5. The predicted molar refractivity (Wildman–Crippen MR) is 84.0 cm³/mol. The van der Waals surface area contributed by atoms with Crippen LogP contribution in [-0.2, 0) is 11.3 Å². The number of amides is 1. The van der Waals surface area contributed by atoms with Crippen molar-refractivity contribution in [2.45, 2.75) is 25.8 Å². The van der Waals surface area contributed by atoms with Crippen LogP contribution in [0.3, 0.4) is 0 Å². The fraction of sp³-hybridized carbons (Fsp3) is 0.692. The average Bonchev–Trinajstić information content (AvgIpc) is 2.94. The van der Waals surface area contributed by atoms with Crippen LogP contribution < -0.4 is 5.32 Å². The number of nitrogens with zero attached hydrogens (tertiary/aromatic N) is 4. The molecule has 1 amide bonds. The molecule has 0 saturated carbocycles. The van der Waals surface area contributed by atoms with E-state index in [4.69, 9.17) is 0 Å². The lowest BCUT2D eigenvalue weighted by molar-refractivity contribution is -0.385. The molecule has 1 aliphatic rings. The first kappa shape index (κ1) is 18.4. The van der Waals surface area contributed by atoms with E-state index in [-0.39, 0.29) is 30.5 Å². The lowest BCUT2D eigenvalue weighted by Crippen LogP contribution is -2.40. The van der Waals surface area contributed by atoms with Crippen molar-refractivity contribution < 1.29 is 9.72 Å². The maximum Gasteiger partial charge on any atom is 0.307 e. The number of aromatic nitrogens is 2. The molecular weight excluding hydrogens is 310 g/mol. The van der Waals surface area contributed by atoms with Crippen molar-refractivity contribution in [1.82, 2.24) is 20.0 Å². The highest BCUT2D eigenvalue weighted by atomic mass is 35.5. The quantitative estimate of drug-likeness (QED) is 0.621. The summed E-state index contributed by atoms with van der Waals surface area (Å²) in [5.41, 5.74) is -0.0893. The van der Waals surface area contributed by atoms with Crippen LogP contribution in [0.2, 0.25) is 0 Å². The SMILES string of the molecule is CNCCC1CCN(C(=O)Cn2cc([N+](=O)[O-])cn2)CC1.Cl. The summed E-state index contributed by atoms with van der Waals surface area (Å²) in [4.78, 5) is 24.0. The van der Waals surface area contributed by atoms with Crippen molar-refractivity contribution in [3.05, 3.63) is 22.5 Å². The third kappa shape index (κ3) is 4.96. The van der Waals surface area contributed by atoms with E-state index in [2.05, 4.69) is 10.4 Å². The summed E-state index contributed by atoms with van der Waals surface area (Å²) in [5.74, 6) is 0.646. The van der Waals surface area contributed by atoms with Crippen molar-refractivity contribution in [1.29, 1.82) is 0 Å². The maximum atomic E-state index is 12.2. The standard InChI is InChI=1S/C13H21N5O3.ClH/c1-14-5-2-11-3-6-16(7-4-11)13(19)10-17-9-12(8-15-17)18(20)21;/h8-9,11,14H,2-7,10H2,1H3;1H. The van der Waals surface area contributed by atoms with Crippen molar-refractivity contribution in [3.8, 4) is 0 Å². The lowest BCUT2D eigenvalue weighted by Gasteiger charge is -2.32. The summed E-state index contributed by atoms with van der Waals surface area (Å²) in [7, 11) is 1.95. The minimum Gasteiger partial charge on any atom is -0.341 e. The van der Waals surface area contributed by atoms with Crippen LogP contribution in [0.5, 0.6) is 0 Å². The number of carbonyl (C=O) groups is 1. The van der Waals surface area contributed by atoms with E-state index < -0.39 is 4.92 Å². The second-order valence-corrected chi connectivity index (χ2v) is 5.37. The van der Waals surface area contributed by atoms with Crippen molar-refractivity contribution in [3.63, 3.8) is 0 Å². The number of carbonyl (C=O) groups excluding carboxylic acids is 1. The molecule has 1 aromatic heterocycles. The van der Waals surface area contributed by atoms with Crippen LogP contribution in [0.4, 0.5) is 5.69 Å². The summed E-state index contributed by atoms with van der Waals surface area (Å²) in [6, 6.07) is 0. The molecule has 124 valence electrons. The highest BCUT2D eigenvalue weighted by Gasteiger charge is 2.23. The summed E-state index contributed by atoms with van der Waals surface area (Å²) in [6.45, 7) is 2.59. The topological polar surface area (TPSA) is 93.3 Å². The highest BCUT2D eigenvalue weighted by Crippen LogP contribution is 2.20. The molecule has 1 aromatic rings. The molecule has 2 rings (SSSR count).